The third-order valence-corrected chi connectivity index (χ3v) is 8.05. The lowest BCUT2D eigenvalue weighted by molar-refractivity contribution is 0.0943. The lowest BCUT2D eigenvalue weighted by Gasteiger charge is -2.33. The van der Waals surface area contributed by atoms with Crippen LogP contribution in [-0.2, 0) is 13.1 Å². The predicted octanol–water partition coefficient (Wildman–Crippen LogP) is 5.75. The van der Waals surface area contributed by atoms with Crippen LogP contribution in [0.4, 0.5) is 26.2 Å². The molecular formula is C34H37F2N7O. The number of hydrogen-bond donors (Lipinski definition) is 3. The van der Waals surface area contributed by atoms with E-state index in [9.17, 15) is 4.79 Å². The van der Waals surface area contributed by atoms with E-state index in [1.54, 1.807) is 6.07 Å². The Morgan fingerprint density at radius 1 is 1.05 bits per heavy atom. The summed E-state index contributed by atoms with van der Waals surface area (Å²) >= 11 is 0. The molecule has 2 aliphatic rings. The van der Waals surface area contributed by atoms with Crippen LogP contribution in [-0.4, -0.2) is 52.6 Å². The molecule has 0 bridgehead atoms. The molecule has 1 amide bonds. The molecule has 44 heavy (non-hydrogen) atoms. The number of amides is 1. The summed E-state index contributed by atoms with van der Waals surface area (Å²) in [5.41, 5.74) is 4.59. The second-order valence-corrected chi connectivity index (χ2v) is 11.8. The van der Waals surface area contributed by atoms with Gasteiger partial charge in [0.2, 0.25) is 5.95 Å². The van der Waals surface area contributed by atoms with E-state index in [0.29, 0.717) is 35.1 Å². The molecule has 4 aromatic rings. The normalized spacial score (nSPS) is 16.7. The molecule has 6 rings (SSSR count). The third kappa shape index (κ3) is 6.27. The van der Waals surface area contributed by atoms with Crippen LogP contribution in [0.1, 0.15) is 47.3 Å². The smallest absolute Gasteiger partial charge is 0.251 e. The summed E-state index contributed by atoms with van der Waals surface area (Å²) in [6, 6.07) is 19.8. The molecule has 1 atom stereocenters. The summed E-state index contributed by atoms with van der Waals surface area (Å²) in [5.74, 6) is -0.725. The van der Waals surface area contributed by atoms with Crippen molar-refractivity contribution in [1.82, 2.24) is 25.5 Å². The molecule has 228 valence electrons. The van der Waals surface area contributed by atoms with Crippen molar-refractivity contribution in [1.29, 1.82) is 0 Å². The Morgan fingerprint density at radius 2 is 1.82 bits per heavy atom. The van der Waals surface area contributed by atoms with Gasteiger partial charge in [0, 0.05) is 55.0 Å². The first-order chi connectivity index (χ1) is 21.3. The van der Waals surface area contributed by atoms with Gasteiger partial charge < -0.3 is 15.5 Å². The van der Waals surface area contributed by atoms with Gasteiger partial charge in [0.15, 0.2) is 0 Å². The van der Waals surface area contributed by atoms with Gasteiger partial charge in [-0.3, -0.25) is 15.0 Å². The number of hydrogen-bond acceptors (Lipinski definition) is 7. The molecule has 3 N–H and O–H groups in total. The molecule has 1 saturated heterocycles. The fraction of sp³-hybridized carbons (Fsp3) is 0.324. The van der Waals surface area contributed by atoms with Crippen LogP contribution >= 0.6 is 0 Å². The summed E-state index contributed by atoms with van der Waals surface area (Å²) in [7, 11) is 0. The molecule has 0 radical (unpaired) electrons. The highest BCUT2D eigenvalue weighted by atomic mass is 19.1. The predicted molar refractivity (Wildman–Crippen MR) is 169 cm³/mol. The quantitative estimate of drug-likeness (QED) is 0.238. The summed E-state index contributed by atoms with van der Waals surface area (Å²) in [5, 5.41) is 9.74. The molecular weight excluding hydrogens is 560 g/mol. The Kier molecular flexibility index (Phi) is 8.54. The van der Waals surface area contributed by atoms with Crippen LogP contribution in [0.2, 0.25) is 0 Å². The van der Waals surface area contributed by atoms with Gasteiger partial charge in [0.05, 0.1) is 12.4 Å². The third-order valence-electron chi connectivity index (χ3n) is 8.05. The van der Waals surface area contributed by atoms with Gasteiger partial charge in [0.1, 0.15) is 23.1 Å². The Bertz CT molecular complexity index is 1640. The Balaban J connectivity index is 1.40. The zero-order valence-corrected chi connectivity index (χ0v) is 25.2. The van der Waals surface area contributed by atoms with Crippen LogP contribution in [0.5, 0.6) is 0 Å². The van der Waals surface area contributed by atoms with E-state index in [1.807, 2.05) is 51.1 Å². The number of fused-ring (bicyclic) bond motifs is 1. The minimum atomic E-state index is -0.676. The number of para-hydroxylation sites is 1. The maximum Gasteiger partial charge on any atom is 0.251 e. The van der Waals surface area contributed by atoms with Crippen molar-refractivity contribution in [2.45, 2.75) is 52.4 Å². The van der Waals surface area contributed by atoms with Gasteiger partial charge in [0.25, 0.3) is 5.91 Å². The zero-order valence-electron chi connectivity index (χ0n) is 25.2. The summed E-state index contributed by atoms with van der Waals surface area (Å²) in [6.45, 7) is 8.94. The molecule has 0 aliphatic carbocycles. The van der Waals surface area contributed by atoms with Crippen LogP contribution in [0, 0.1) is 18.6 Å². The summed E-state index contributed by atoms with van der Waals surface area (Å²) < 4.78 is 30.2. The van der Waals surface area contributed by atoms with E-state index in [0.717, 1.165) is 37.2 Å². The molecule has 3 aromatic carbocycles. The van der Waals surface area contributed by atoms with Gasteiger partial charge in [-0.2, -0.15) is 4.98 Å². The van der Waals surface area contributed by atoms with Crippen LogP contribution < -0.4 is 20.9 Å². The summed E-state index contributed by atoms with van der Waals surface area (Å²) in [4.78, 5) is 26.7. The topological polar surface area (TPSA) is 85.4 Å². The number of halogens is 2. The van der Waals surface area contributed by atoms with Crippen molar-refractivity contribution in [2.75, 3.05) is 30.0 Å². The minimum absolute atomic E-state index is 0.0174. The molecule has 0 saturated carbocycles. The molecule has 3 heterocycles. The molecule has 2 aliphatic heterocycles. The second-order valence-electron chi connectivity index (χ2n) is 11.8. The highest BCUT2D eigenvalue weighted by molar-refractivity contribution is 5.96. The van der Waals surface area contributed by atoms with Gasteiger partial charge in [-0.05, 0) is 62.6 Å². The maximum absolute atomic E-state index is 15.1. The van der Waals surface area contributed by atoms with E-state index in [1.165, 1.54) is 28.7 Å². The van der Waals surface area contributed by atoms with Crippen molar-refractivity contribution in [3.05, 3.63) is 101 Å². The van der Waals surface area contributed by atoms with Crippen LogP contribution in [0.25, 0.3) is 11.3 Å². The number of nitrogens with one attached hydrogen (secondary N) is 3. The highest BCUT2D eigenvalue weighted by Crippen LogP contribution is 2.39. The monoisotopic (exact) mass is 597 g/mol. The number of anilines is 3. The number of nitrogens with zero attached hydrogens (tertiary/aromatic N) is 4. The lowest BCUT2D eigenvalue weighted by Crippen LogP contribution is -2.38. The van der Waals surface area contributed by atoms with Crippen molar-refractivity contribution < 1.29 is 13.6 Å². The van der Waals surface area contributed by atoms with Gasteiger partial charge >= 0.3 is 0 Å². The number of carbonyl (C=O) groups is 1. The first kappa shape index (κ1) is 29.7. The molecule has 1 fully saturated rings. The number of rotatable bonds is 8. The first-order valence-corrected chi connectivity index (χ1v) is 15.0. The number of benzene rings is 3. The second kappa shape index (κ2) is 12.7. The van der Waals surface area contributed by atoms with Gasteiger partial charge in [-0.1, -0.05) is 42.5 Å². The SMILES string of the molecule is Cc1ccc(C(=O)NC(C)C)cc1-c1nc(N[C@H]2CCN(Cc3ccccc3)C2)nc2c1CNCN2c1c(F)cccc1F. The van der Waals surface area contributed by atoms with E-state index in [-0.39, 0.29) is 30.3 Å². The van der Waals surface area contributed by atoms with E-state index in [2.05, 4.69) is 33.0 Å². The number of aryl methyl sites for hydroxylation is 1. The van der Waals surface area contributed by atoms with Crippen LogP contribution in [0.3, 0.4) is 0 Å². The molecule has 1 aromatic heterocycles. The average molecular weight is 598 g/mol. The summed E-state index contributed by atoms with van der Waals surface area (Å²) in [6.07, 6.45) is 0.902. The molecule has 0 unspecified atom stereocenters. The van der Waals surface area contributed by atoms with Crippen molar-refractivity contribution in [2.24, 2.45) is 0 Å². The van der Waals surface area contributed by atoms with E-state index >= 15 is 8.78 Å². The van der Waals surface area contributed by atoms with Crippen molar-refractivity contribution >= 4 is 23.4 Å². The largest absolute Gasteiger partial charge is 0.350 e. The fourth-order valence-corrected chi connectivity index (χ4v) is 5.93. The standard InChI is InChI=1S/C34H37F2N7O/c1-21(2)38-33(44)24-13-12-22(3)26(16-24)30-27-17-37-20-43(31-28(35)10-7-11-29(31)36)32(27)41-34(40-30)39-25-14-15-42(19-25)18-23-8-5-4-6-9-23/h4-13,16,21,25,37H,14-15,17-20H2,1-3H3,(H,38,44)(H,39,40,41)/t25-/m0/s1. The number of likely N-dealkylation sites (tertiary alicyclic amines) is 1. The number of aromatic nitrogens is 2. The van der Waals surface area contributed by atoms with E-state index in [4.69, 9.17) is 9.97 Å². The average Bonchev–Trinajstić information content (AvgIpc) is 3.43. The highest BCUT2D eigenvalue weighted by Gasteiger charge is 2.30. The Morgan fingerprint density at radius 3 is 2.57 bits per heavy atom. The minimum Gasteiger partial charge on any atom is -0.350 e. The zero-order chi connectivity index (χ0) is 30.8. The molecule has 8 nitrogen and oxygen atoms in total. The van der Waals surface area contributed by atoms with E-state index < -0.39 is 11.6 Å². The Hall–Kier alpha value is -4.41. The maximum atomic E-state index is 15.1. The molecule has 10 heteroatoms. The first-order valence-electron chi connectivity index (χ1n) is 15.0. The molecule has 0 spiro atoms. The number of carbonyl (C=O) groups excluding carboxylic acids is 1. The van der Waals surface area contributed by atoms with Gasteiger partial charge in [-0.15, -0.1) is 0 Å². The van der Waals surface area contributed by atoms with Crippen LogP contribution in [0.15, 0.2) is 66.7 Å². The Labute approximate surface area is 256 Å². The lowest BCUT2D eigenvalue weighted by atomic mass is 9.97. The van der Waals surface area contributed by atoms with Crippen molar-refractivity contribution in [3.8, 4) is 11.3 Å². The fourth-order valence-electron chi connectivity index (χ4n) is 5.93. The van der Waals surface area contributed by atoms with Crippen molar-refractivity contribution in [3.63, 3.8) is 0 Å². The van der Waals surface area contributed by atoms with Gasteiger partial charge in [-0.25, -0.2) is 13.8 Å².